The summed E-state index contributed by atoms with van der Waals surface area (Å²) in [4.78, 5) is 41.2. The molecular formula is C21H22N4O3. The molecule has 3 rings (SSSR count). The quantitative estimate of drug-likeness (QED) is 0.713. The number of hydrogen-bond acceptors (Lipinski definition) is 4. The van der Waals surface area contributed by atoms with Crippen molar-refractivity contribution in [1.82, 2.24) is 9.55 Å². The van der Waals surface area contributed by atoms with E-state index in [-0.39, 0.29) is 23.3 Å². The molecule has 0 bridgehead atoms. The molecular weight excluding hydrogens is 356 g/mol. The summed E-state index contributed by atoms with van der Waals surface area (Å²) in [6.07, 6.45) is 1.43. The Labute approximate surface area is 162 Å². The van der Waals surface area contributed by atoms with Crippen molar-refractivity contribution >= 4 is 34.1 Å². The van der Waals surface area contributed by atoms with Crippen LogP contribution in [0.3, 0.4) is 0 Å². The number of fused-ring (bicyclic) bond motifs is 1. The molecule has 0 saturated heterocycles. The highest BCUT2D eigenvalue weighted by Crippen LogP contribution is 2.21. The van der Waals surface area contributed by atoms with Gasteiger partial charge in [-0.15, -0.1) is 0 Å². The van der Waals surface area contributed by atoms with Crippen molar-refractivity contribution in [3.63, 3.8) is 0 Å². The predicted molar refractivity (Wildman–Crippen MR) is 109 cm³/mol. The standard InChI is InChI=1S/C21H22N4O3/c1-13(2)19(25-12-22-18-7-5-4-6-17(18)21(25)28)20(27)24-16-10-8-15(9-11-16)23-14(3)26/h4-13,19H,1-3H3,(H,23,26)(H,24,27)/t19-/m0/s1. The average Bonchev–Trinajstić information content (AvgIpc) is 2.65. The summed E-state index contributed by atoms with van der Waals surface area (Å²) in [5, 5.41) is 5.98. The maximum absolute atomic E-state index is 12.9. The normalized spacial score (nSPS) is 12.0. The van der Waals surface area contributed by atoms with Gasteiger partial charge in [-0.1, -0.05) is 26.0 Å². The van der Waals surface area contributed by atoms with Gasteiger partial charge in [0.15, 0.2) is 0 Å². The Hall–Kier alpha value is -3.48. The van der Waals surface area contributed by atoms with Crippen LogP contribution < -0.4 is 16.2 Å². The van der Waals surface area contributed by atoms with E-state index in [9.17, 15) is 14.4 Å². The van der Waals surface area contributed by atoms with Crippen molar-refractivity contribution in [3.05, 3.63) is 65.2 Å². The Kier molecular flexibility index (Phi) is 5.54. The Bertz CT molecular complexity index is 1070. The second kappa shape index (κ2) is 8.04. The molecule has 0 radical (unpaired) electrons. The lowest BCUT2D eigenvalue weighted by atomic mass is 10.0. The van der Waals surface area contributed by atoms with Gasteiger partial charge in [-0.3, -0.25) is 19.0 Å². The van der Waals surface area contributed by atoms with Crippen molar-refractivity contribution in [2.45, 2.75) is 26.8 Å². The maximum atomic E-state index is 12.9. The van der Waals surface area contributed by atoms with E-state index in [0.717, 1.165) is 0 Å². The summed E-state index contributed by atoms with van der Waals surface area (Å²) in [6.45, 7) is 5.19. The first-order chi connectivity index (χ1) is 13.4. The van der Waals surface area contributed by atoms with Crippen LogP contribution in [-0.2, 0) is 9.59 Å². The van der Waals surface area contributed by atoms with Crippen LogP contribution in [-0.4, -0.2) is 21.4 Å². The number of nitrogens with zero attached hydrogens (tertiary/aromatic N) is 2. The van der Waals surface area contributed by atoms with Crippen molar-refractivity contribution in [1.29, 1.82) is 0 Å². The summed E-state index contributed by atoms with van der Waals surface area (Å²) in [7, 11) is 0. The van der Waals surface area contributed by atoms with Gasteiger partial charge in [-0.05, 0) is 42.3 Å². The van der Waals surface area contributed by atoms with Crippen molar-refractivity contribution < 1.29 is 9.59 Å². The molecule has 0 spiro atoms. The van der Waals surface area contributed by atoms with Crippen LogP contribution in [0, 0.1) is 5.92 Å². The van der Waals surface area contributed by atoms with Gasteiger partial charge in [0.25, 0.3) is 5.56 Å². The zero-order chi connectivity index (χ0) is 20.3. The van der Waals surface area contributed by atoms with Gasteiger partial charge in [0.05, 0.1) is 17.2 Å². The van der Waals surface area contributed by atoms with E-state index < -0.39 is 6.04 Å². The highest BCUT2D eigenvalue weighted by molar-refractivity contribution is 5.95. The molecule has 0 aliphatic heterocycles. The smallest absolute Gasteiger partial charge is 0.261 e. The number of rotatable bonds is 5. The van der Waals surface area contributed by atoms with Crippen LogP contribution >= 0.6 is 0 Å². The second-order valence-electron chi connectivity index (χ2n) is 6.91. The number of benzene rings is 2. The highest BCUT2D eigenvalue weighted by Gasteiger charge is 2.26. The SMILES string of the molecule is CC(=O)Nc1ccc(NC(=O)[C@H](C(C)C)n2cnc3ccccc3c2=O)cc1. The molecule has 144 valence electrons. The van der Waals surface area contributed by atoms with Crippen LogP contribution in [0.5, 0.6) is 0 Å². The first-order valence-electron chi connectivity index (χ1n) is 9.01. The molecule has 1 atom stereocenters. The Morgan fingerprint density at radius 3 is 2.18 bits per heavy atom. The van der Waals surface area contributed by atoms with Gasteiger partial charge in [-0.2, -0.15) is 0 Å². The van der Waals surface area contributed by atoms with E-state index in [4.69, 9.17) is 0 Å². The van der Waals surface area contributed by atoms with E-state index in [1.165, 1.54) is 17.8 Å². The predicted octanol–water partition coefficient (Wildman–Crippen LogP) is 3.19. The minimum Gasteiger partial charge on any atom is -0.326 e. The topological polar surface area (TPSA) is 93.1 Å². The number of hydrogen-bond donors (Lipinski definition) is 2. The van der Waals surface area contributed by atoms with Gasteiger partial charge in [0, 0.05) is 18.3 Å². The molecule has 0 unspecified atom stereocenters. The lowest BCUT2D eigenvalue weighted by Gasteiger charge is -2.22. The molecule has 0 fully saturated rings. The number of carbonyl (C=O) groups is 2. The third-order valence-electron chi connectivity index (χ3n) is 4.36. The van der Waals surface area contributed by atoms with Gasteiger partial charge in [0.1, 0.15) is 6.04 Å². The third-order valence-corrected chi connectivity index (χ3v) is 4.36. The van der Waals surface area contributed by atoms with E-state index in [1.807, 2.05) is 19.9 Å². The molecule has 0 aliphatic carbocycles. The minimum absolute atomic E-state index is 0.126. The summed E-state index contributed by atoms with van der Waals surface area (Å²) in [5.74, 6) is -0.597. The number of nitrogens with one attached hydrogen (secondary N) is 2. The van der Waals surface area contributed by atoms with Gasteiger partial charge < -0.3 is 10.6 Å². The molecule has 1 aromatic heterocycles. The molecule has 0 aliphatic rings. The second-order valence-corrected chi connectivity index (χ2v) is 6.91. The molecule has 3 aromatic rings. The Balaban J connectivity index is 1.88. The van der Waals surface area contributed by atoms with Crippen LogP contribution in [0.2, 0.25) is 0 Å². The zero-order valence-corrected chi connectivity index (χ0v) is 16.0. The van der Waals surface area contributed by atoms with E-state index in [0.29, 0.717) is 22.3 Å². The van der Waals surface area contributed by atoms with Gasteiger partial charge in [0.2, 0.25) is 11.8 Å². The van der Waals surface area contributed by atoms with Crippen molar-refractivity contribution in [2.75, 3.05) is 10.6 Å². The monoisotopic (exact) mass is 378 g/mol. The number of anilines is 2. The molecule has 2 aromatic carbocycles. The fourth-order valence-corrected chi connectivity index (χ4v) is 3.09. The molecule has 2 N–H and O–H groups in total. The van der Waals surface area contributed by atoms with Crippen LogP contribution in [0.1, 0.15) is 26.8 Å². The Morgan fingerprint density at radius 1 is 0.964 bits per heavy atom. The van der Waals surface area contributed by atoms with Crippen molar-refractivity contribution in [3.8, 4) is 0 Å². The van der Waals surface area contributed by atoms with Crippen LogP contribution in [0.4, 0.5) is 11.4 Å². The fraction of sp³-hybridized carbons (Fsp3) is 0.238. The minimum atomic E-state index is -0.709. The number of aromatic nitrogens is 2. The van der Waals surface area contributed by atoms with E-state index in [1.54, 1.807) is 42.5 Å². The van der Waals surface area contributed by atoms with Crippen LogP contribution in [0.15, 0.2) is 59.7 Å². The molecule has 1 heterocycles. The molecule has 7 heteroatoms. The zero-order valence-electron chi connectivity index (χ0n) is 16.0. The first-order valence-corrected chi connectivity index (χ1v) is 9.01. The van der Waals surface area contributed by atoms with Gasteiger partial charge in [-0.25, -0.2) is 4.98 Å². The van der Waals surface area contributed by atoms with Crippen molar-refractivity contribution in [2.24, 2.45) is 5.92 Å². The van der Waals surface area contributed by atoms with E-state index in [2.05, 4.69) is 15.6 Å². The molecule has 0 saturated carbocycles. The molecule has 2 amide bonds. The van der Waals surface area contributed by atoms with Crippen LogP contribution in [0.25, 0.3) is 10.9 Å². The first kappa shape index (κ1) is 19.3. The largest absolute Gasteiger partial charge is 0.326 e. The fourth-order valence-electron chi connectivity index (χ4n) is 3.09. The number of carbonyl (C=O) groups excluding carboxylic acids is 2. The maximum Gasteiger partial charge on any atom is 0.261 e. The lowest BCUT2D eigenvalue weighted by molar-refractivity contribution is -0.120. The highest BCUT2D eigenvalue weighted by atomic mass is 16.2. The average molecular weight is 378 g/mol. The molecule has 28 heavy (non-hydrogen) atoms. The Morgan fingerprint density at radius 2 is 1.57 bits per heavy atom. The summed E-state index contributed by atoms with van der Waals surface area (Å²) in [6, 6.07) is 13.1. The molecule has 7 nitrogen and oxygen atoms in total. The van der Waals surface area contributed by atoms with E-state index >= 15 is 0 Å². The number of amides is 2. The lowest BCUT2D eigenvalue weighted by Crippen LogP contribution is -2.36. The third kappa shape index (κ3) is 4.09. The summed E-state index contributed by atoms with van der Waals surface area (Å²) >= 11 is 0. The summed E-state index contributed by atoms with van der Waals surface area (Å²) < 4.78 is 1.38. The van der Waals surface area contributed by atoms with Gasteiger partial charge >= 0.3 is 0 Å². The summed E-state index contributed by atoms with van der Waals surface area (Å²) in [5.41, 5.74) is 1.56. The number of para-hydroxylation sites is 1.